The number of thiazole rings is 1. The van der Waals surface area contributed by atoms with Gasteiger partial charge in [0.25, 0.3) is 10.0 Å². The molecule has 37 heavy (non-hydrogen) atoms. The predicted octanol–water partition coefficient (Wildman–Crippen LogP) is 6.19. The zero-order chi connectivity index (χ0) is 26.0. The van der Waals surface area contributed by atoms with Gasteiger partial charge in [-0.05, 0) is 49.6 Å². The lowest BCUT2D eigenvalue weighted by Gasteiger charge is -2.35. The topological polar surface area (TPSA) is 79.8 Å². The molecule has 194 valence electrons. The highest BCUT2D eigenvalue weighted by atomic mass is 35.5. The maximum Gasteiger partial charge on any atom is 0.253 e. The second-order valence-corrected chi connectivity index (χ2v) is 13.5. The summed E-state index contributed by atoms with van der Waals surface area (Å²) in [6.45, 7) is 2.97. The van der Waals surface area contributed by atoms with Gasteiger partial charge in [0.1, 0.15) is 21.5 Å². The molecule has 1 amide bonds. The number of hydrogen-bond donors (Lipinski definition) is 0. The van der Waals surface area contributed by atoms with Crippen molar-refractivity contribution in [2.24, 2.45) is 0 Å². The Hall–Kier alpha value is -2.50. The van der Waals surface area contributed by atoms with Crippen molar-refractivity contribution in [3.05, 3.63) is 70.6 Å². The minimum absolute atomic E-state index is 0.146. The van der Waals surface area contributed by atoms with Crippen molar-refractivity contribution >= 4 is 65.6 Å². The summed E-state index contributed by atoms with van der Waals surface area (Å²) in [6.07, 6.45) is 1.90. The lowest BCUT2D eigenvalue weighted by molar-refractivity contribution is -0.123. The minimum atomic E-state index is -3.88. The number of amides is 1. The molecule has 0 aliphatic carbocycles. The van der Waals surface area contributed by atoms with Crippen LogP contribution in [0.2, 0.25) is 4.34 Å². The SMILES string of the molecule is CCOc1cccc2sc(N(Cc3ccccc3)C(=O)C3CCCCN3S(=O)(=O)c3ccc(Cl)s3)nc12. The summed E-state index contributed by atoms with van der Waals surface area (Å²) in [5.74, 6) is 0.373. The number of aromatic nitrogens is 1. The van der Waals surface area contributed by atoms with Crippen LogP contribution in [-0.4, -0.2) is 42.8 Å². The number of anilines is 1. The third-order valence-corrected chi connectivity index (χ3v) is 10.9. The van der Waals surface area contributed by atoms with E-state index in [0.29, 0.717) is 40.2 Å². The zero-order valence-corrected chi connectivity index (χ0v) is 23.4. The normalized spacial score (nSPS) is 16.6. The average molecular weight is 576 g/mol. The van der Waals surface area contributed by atoms with E-state index in [9.17, 15) is 13.2 Å². The zero-order valence-electron chi connectivity index (χ0n) is 20.2. The molecule has 0 radical (unpaired) electrons. The van der Waals surface area contributed by atoms with E-state index in [1.165, 1.54) is 21.7 Å². The first kappa shape index (κ1) is 26.1. The van der Waals surface area contributed by atoms with Crippen molar-refractivity contribution < 1.29 is 17.9 Å². The molecule has 1 saturated heterocycles. The van der Waals surface area contributed by atoms with Crippen LogP contribution in [-0.2, 0) is 21.4 Å². The number of halogens is 1. The summed E-state index contributed by atoms with van der Waals surface area (Å²) in [6, 6.07) is 17.6. The first-order valence-electron chi connectivity index (χ1n) is 12.0. The maximum absolute atomic E-state index is 14.2. The molecule has 3 heterocycles. The van der Waals surface area contributed by atoms with Crippen LogP contribution in [0.4, 0.5) is 5.13 Å². The molecule has 1 atom stereocenters. The van der Waals surface area contributed by atoms with Crippen molar-refractivity contribution in [2.75, 3.05) is 18.1 Å². The largest absolute Gasteiger partial charge is 0.492 e. The molecular formula is C26H26ClN3O4S3. The van der Waals surface area contributed by atoms with Gasteiger partial charge in [-0.3, -0.25) is 9.69 Å². The predicted molar refractivity (Wildman–Crippen MR) is 149 cm³/mol. The van der Waals surface area contributed by atoms with Gasteiger partial charge in [0, 0.05) is 6.54 Å². The smallest absolute Gasteiger partial charge is 0.253 e. The first-order chi connectivity index (χ1) is 17.9. The summed E-state index contributed by atoms with van der Waals surface area (Å²) in [5.41, 5.74) is 1.62. The molecule has 2 aromatic carbocycles. The van der Waals surface area contributed by atoms with E-state index in [-0.39, 0.29) is 23.2 Å². The number of piperidine rings is 1. The third kappa shape index (κ3) is 5.39. The van der Waals surface area contributed by atoms with Gasteiger partial charge < -0.3 is 4.74 Å². The number of sulfonamides is 1. The second-order valence-electron chi connectivity index (χ2n) is 8.63. The van der Waals surface area contributed by atoms with Gasteiger partial charge in [-0.15, -0.1) is 11.3 Å². The number of nitrogens with zero attached hydrogens (tertiary/aromatic N) is 3. The van der Waals surface area contributed by atoms with Crippen molar-refractivity contribution in [1.82, 2.24) is 9.29 Å². The Labute approximate surface area is 229 Å². The molecule has 7 nitrogen and oxygen atoms in total. The Bertz CT molecular complexity index is 1500. The molecule has 0 bridgehead atoms. The molecule has 4 aromatic rings. The van der Waals surface area contributed by atoms with Crippen LogP contribution in [0.1, 0.15) is 31.7 Å². The van der Waals surface area contributed by atoms with E-state index in [0.717, 1.165) is 28.0 Å². The molecule has 1 aliphatic rings. The standard InChI is InChI=1S/C26H26ClN3O4S3/c1-2-34-20-12-8-13-21-24(20)28-26(35-21)29(17-18-9-4-3-5-10-18)25(31)19-11-6-7-16-30(19)37(32,33)23-15-14-22(27)36-23/h3-5,8-10,12-15,19H,2,6-7,11,16-17H2,1H3. The number of thiophene rings is 1. The van der Waals surface area contributed by atoms with Gasteiger partial charge in [-0.1, -0.05) is 65.8 Å². The van der Waals surface area contributed by atoms with E-state index in [4.69, 9.17) is 21.3 Å². The van der Waals surface area contributed by atoms with Gasteiger partial charge in [0.15, 0.2) is 5.13 Å². The van der Waals surface area contributed by atoms with Crippen LogP contribution in [0.25, 0.3) is 10.2 Å². The van der Waals surface area contributed by atoms with Gasteiger partial charge in [0.2, 0.25) is 5.91 Å². The molecule has 1 aliphatic heterocycles. The third-order valence-electron chi connectivity index (χ3n) is 6.20. The lowest BCUT2D eigenvalue weighted by atomic mass is 10.0. The quantitative estimate of drug-likeness (QED) is 0.250. The van der Waals surface area contributed by atoms with Crippen molar-refractivity contribution in [2.45, 2.75) is 43.0 Å². The van der Waals surface area contributed by atoms with Crippen molar-refractivity contribution in [3.8, 4) is 5.75 Å². The number of rotatable bonds is 8. The van der Waals surface area contributed by atoms with E-state index in [2.05, 4.69) is 0 Å². The fourth-order valence-electron chi connectivity index (χ4n) is 4.48. The number of fused-ring (bicyclic) bond motifs is 1. The molecule has 11 heteroatoms. The highest BCUT2D eigenvalue weighted by Crippen LogP contribution is 2.37. The monoisotopic (exact) mass is 575 g/mol. The van der Waals surface area contributed by atoms with E-state index in [1.54, 1.807) is 11.0 Å². The molecule has 2 aromatic heterocycles. The van der Waals surface area contributed by atoms with E-state index < -0.39 is 16.1 Å². The molecule has 1 fully saturated rings. The van der Waals surface area contributed by atoms with Gasteiger partial charge in [-0.2, -0.15) is 4.31 Å². The Kier molecular flexibility index (Phi) is 7.83. The molecule has 0 saturated carbocycles. The Morgan fingerprint density at radius 3 is 2.65 bits per heavy atom. The molecule has 5 rings (SSSR count). The summed E-state index contributed by atoms with van der Waals surface area (Å²) in [7, 11) is -3.88. The Balaban J connectivity index is 1.55. The maximum atomic E-state index is 14.2. The van der Waals surface area contributed by atoms with Gasteiger partial charge in [0.05, 0.1) is 22.2 Å². The van der Waals surface area contributed by atoms with Crippen molar-refractivity contribution in [3.63, 3.8) is 0 Å². The molecule has 1 unspecified atom stereocenters. The molecular weight excluding hydrogens is 550 g/mol. The number of carbonyl (C=O) groups is 1. The van der Waals surface area contributed by atoms with Crippen LogP contribution >= 0.6 is 34.3 Å². The number of para-hydroxylation sites is 1. The van der Waals surface area contributed by atoms with Gasteiger partial charge >= 0.3 is 0 Å². The highest BCUT2D eigenvalue weighted by Gasteiger charge is 2.41. The Morgan fingerprint density at radius 2 is 1.92 bits per heavy atom. The lowest BCUT2D eigenvalue weighted by Crippen LogP contribution is -2.52. The fourth-order valence-corrected chi connectivity index (χ4v) is 8.73. The van der Waals surface area contributed by atoms with Crippen LogP contribution < -0.4 is 9.64 Å². The molecule has 0 N–H and O–H groups in total. The highest BCUT2D eigenvalue weighted by molar-refractivity contribution is 7.91. The number of benzene rings is 2. The first-order valence-corrected chi connectivity index (χ1v) is 15.5. The van der Waals surface area contributed by atoms with Crippen LogP contribution in [0, 0.1) is 0 Å². The number of hydrogen-bond acceptors (Lipinski definition) is 7. The second kappa shape index (κ2) is 11.1. The summed E-state index contributed by atoms with van der Waals surface area (Å²) < 4.78 is 35.7. The summed E-state index contributed by atoms with van der Waals surface area (Å²) >= 11 is 8.44. The van der Waals surface area contributed by atoms with Crippen LogP contribution in [0.3, 0.4) is 0 Å². The van der Waals surface area contributed by atoms with Gasteiger partial charge in [-0.25, -0.2) is 13.4 Å². The van der Waals surface area contributed by atoms with E-state index >= 15 is 0 Å². The fraction of sp³-hybridized carbons (Fsp3) is 0.308. The van der Waals surface area contributed by atoms with Crippen molar-refractivity contribution in [1.29, 1.82) is 0 Å². The minimum Gasteiger partial charge on any atom is -0.492 e. The number of ether oxygens (including phenoxy) is 1. The molecule has 0 spiro atoms. The Morgan fingerprint density at radius 1 is 1.11 bits per heavy atom. The average Bonchev–Trinajstić information content (AvgIpc) is 3.55. The van der Waals surface area contributed by atoms with Crippen LogP contribution in [0.5, 0.6) is 5.75 Å². The van der Waals surface area contributed by atoms with Crippen LogP contribution in [0.15, 0.2) is 64.9 Å². The van der Waals surface area contributed by atoms with E-state index in [1.807, 2.05) is 55.5 Å². The number of carbonyl (C=O) groups excluding carboxylic acids is 1. The summed E-state index contributed by atoms with van der Waals surface area (Å²) in [4.78, 5) is 20.6. The summed E-state index contributed by atoms with van der Waals surface area (Å²) in [5, 5.41) is 0.512.